The van der Waals surface area contributed by atoms with E-state index in [1.807, 2.05) is 6.92 Å². The van der Waals surface area contributed by atoms with E-state index in [1.165, 1.54) is 37.8 Å². The Morgan fingerprint density at radius 2 is 1.69 bits per heavy atom. The molecule has 0 saturated heterocycles. The van der Waals surface area contributed by atoms with Crippen molar-refractivity contribution in [1.29, 1.82) is 0 Å². The minimum atomic E-state index is -0.505. The van der Waals surface area contributed by atoms with E-state index in [-0.39, 0.29) is 6.04 Å². The topological polar surface area (TPSA) is 12.0 Å². The number of hydrogen-bond acceptors (Lipinski definition) is 1. The van der Waals surface area contributed by atoms with Crippen molar-refractivity contribution in [2.75, 3.05) is 0 Å². The first-order chi connectivity index (χ1) is 7.65. The molecule has 1 unspecified atom stereocenters. The summed E-state index contributed by atoms with van der Waals surface area (Å²) < 4.78 is 26.1. The highest BCUT2D eigenvalue weighted by molar-refractivity contribution is 5.21. The van der Waals surface area contributed by atoms with Crippen LogP contribution < -0.4 is 5.32 Å². The summed E-state index contributed by atoms with van der Waals surface area (Å²) in [5.74, 6) is -1.01. The zero-order valence-corrected chi connectivity index (χ0v) is 9.47. The molecule has 0 spiro atoms. The number of benzene rings is 1. The van der Waals surface area contributed by atoms with Crippen molar-refractivity contribution >= 4 is 0 Å². The third-order valence-electron chi connectivity index (χ3n) is 3.23. The Morgan fingerprint density at radius 3 is 2.25 bits per heavy atom. The summed E-state index contributed by atoms with van der Waals surface area (Å²) in [5, 5.41) is 3.42. The Bertz CT molecular complexity index is 339. The zero-order valence-electron chi connectivity index (χ0n) is 9.47. The van der Waals surface area contributed by atoms with Crippen LogP contribution in [0.2, 0.25) is 0 Å². The minimum absolute atomic E-state index is 0.00769. The summed E-state index contributed by atoms with van der Waals surface area (Å²) in [7, 11) is 0. The van der Waals surface area contributed by atoms with Crippen LogP contribution in [0.5, 0.6) is 0 Å². The van der Waals surface area contributed by atoms with Crippen molar-refractivity contribution in [3.8, 4) is 0 Å². The van der Waals surface area contributed by atoms with Gasteiger partial charge in [-0.25, -0.2) is 8.78 Å². The first-order valence-electron chi connectivity index (χ1n) is 5.87. The lowest BCUT2D eigenvalue weighted by Crippen LogP contribution is -2.29. The first kappa shape index (κ1) is 11.5. The third-order valence-corrected chi connectivity index (χ3v) is 3.23. The van der Waals surface area contributed by atoms with Crippen molar-refractivity contribution in [2.24, 2.45) is 0 Å². The molecule has 1 aliphatic carbocycles. The van der Waals surface area contributed by atoms with Gasteiger partial charge in [0.25, 0.3) is 0 Å². The molecule has 0 amide bonds. The molecule has 1 N–H and O–H groups in total. The average Bonchev–Trinajstić information content (AvgIpc) is 2.68. The summed E-state index contributed by atoms with van der Waals surface area (Å²) in [4.78, 5) is 0. The number of nitrogens with one attached hydrogen (secondary N) is 1. The fourth-order valence-corrected chi connectivity index (χ4v) is 2.37. The quantitative estimate of drug-likeness (QED) is 0.829. The maximum Gasteiger partial charge on any atom is 0.126 e. The van der Waals surface area contributed by atoms with E-state index in [0.29, 0.717) is 11.6 Å². The molecule has 0 radical (unpaired) electrons. The van der Waals surface area contributed by atoms with E-state index in [1.54, 1.807) is 0 Å². The van der Waals surface area contributed by atoms with Gasteiger partial charge in [-0.2, -0.15) is 0 Å². The lowest BCUT2D eigenvalue weighted by molar-refractivity contribution is 0.457. The molecule has 1 nitrogen and oxygen atoms in total. The van der Waals surface area contributed by atoms with Crippen LogP contribution in [0.15, 0.2) is 18.2 Å². The van der Waals surface area contributed by atoms with E-state index < -0.39 is 11.6 Å². The molecular weight excluding hydrogens is 208 g/mol. The monoisotopic (exact) mass is 225 g/mol. The molecule has 3 heteroatoms. The van der Waals surface area contributed by atoms with Crippen LogP contribution in [0.25, 0.3) is 0 Å². The normalized spacial score (nSPS) is 18.9. The van der Waals surface area contributed by atoms with Gasteiger partial charge in [-0.3, -0.25) is 0 Å². The molecule has 16 heavy (non-hydrogen) atoms. The Morgan fingerprint density at radius 1 is 1.12 bits per heavy atom. The molecule has 0 bridgehead atoms. The van der Waals surface area contributed by atoms with Crippen LogP contribution in [-0.2, 0) is 0 Å². The predicted octanol–water partition coefficient (Wildman–Crippen LogP) is 3.56. The average molecular weight is 225 g/mol. The van der Waals surface area contributed by atoms with Gasteiger partial charge in [0, 0.05) is 18.2 Å². The van der Waals surface area contributed by atoms with E-state index in [4.69, 9.17) is 0 Å². The standard InChI is InChI=1S/C13H17F2N/c1-9(16-13-4-2-3-5-13)10-6-11(14)8-12(15)7-10/h6-9,13,16H,2-5H2,1H3. The van der Waals surface area contributed by atoms with Crippen LogP contribution in [0.1, 0.15) is 44.2 Å². The lowest BCUT2D eigenvalue weighted by Gasteiger charge is -2.19. The lowest BCUT2D eigenvalue weighted by atomic mass is 10.1. The summed E-state index contributed by atoms with van der Waals surface area (Å²) in [6.45, 7) is 1.95. The second kappa shape index (κ2) is 4.91. The largest absolute Gasteiger partial charge is 0.307 e. The second-order valence-corrected chi connectivity index (χ2v) is 4.57. The summed E-state index contributed by atoms with van der Waals surface area (Å²) in [6, 6.07) is 4.21. The van der Waals surface area contributed by atoms with Gasteiger partial charge in [-0.05, 0) is 37.5 Å². The molecule has 88 valence electrons. The molecule has 2 rings (SSSR count). The smallest absolute Gasteiger partial charge is 0.126 e. The first-order valence-corrected chi connectivity index (χ1v) is 5.87. The molecule has 1 aliphatic rings. The summed E-state index contributed by atoms with van der Waals surface area (Å²) in [5.41, 5.74) is 0.685. The SMILES string of the molecule is CC(NC1CCCC1)c1cc(F)cc(F)c1. The molecule has 1 fully saturated rings. The van der Waals surface area contributed by atoms with Crippen LogP contribution >= 0.6 is 0 Å². The Labute approximate surface area is 94.9 Å². The van der Waals surface area contributed by atoms with Crippen LogP contribution in [0, 0.1) is 11.6 Å². The van der Waals surface area contributed by atoms with Crippen LogP contribution in [0.3, 0.4) is 0 Å². The molecule has 0 heterocycles. The van der Waals surface area contributed by atoms with Gasteiger partial charge in [0.1, 0.15) is 11.6 Å². The third kappa shape index (κ3) is 2.79. The van der Waals surface area contributed by atoms with Crippen molar-refractivity contribution < 1.29 is 8.78 Å². The Kier molecular flexibility index (Phi) is 3.54. The molecule has 1 saturated carbocycles. The van der Waals surface area contributed by atoms with Gasteiger partial charge in [0.05, 0.1) is 0 Å². The van der Waals surface area contributed by atoms with Gasteiger partial charge in [0.15, 0.2) is 0 Å². The van der Waals surface area contributed by atoms with Gasteiger partial charge in [0.2, 0.25) is 0 Å². The van der Waals surface area contributed by atoms with Gasteiger partial charge in [-0.15, -0.1) is 0 Å². The van der Waals surface area contributed by atoms with Crippen LogP contribution in [-0.4, -0.2) is 6.04 Å². The second-order valence-electron chi connectivity index (χ2n) is 4.57. The predicted molar refractivity (Wildman–Crippen MR) is 60.2 cm³/mol. The van der Waals surface area contributed by atoms with E-state index in [9.17, 15) is 8.78 Å². The van der Waals surface area contributed by atoms with Gasteiger partial charge in [-0.1, -0.05) is 12.8 Å². The minimum Gasteiger partial charge on any atom is -0.307 e. The van der Waals surface area contributed by atoms with E-state index in [0.717, 1.165) is 6.07 Å². The van der Waals surface area contributed by atoms with E-state index >= 15 is 0 Å². The highest BCUT2D eigenvalue weighted by Crippen LogP contribution is 2.22. The molecule has 1 atom stereocenters. The maximum atomic E-state index is 13.0. The van der Waals surface area contributed by atoms with Gasteiger partial charge >= 0.3 is 0 Å². The van der Waals surface area contributed by atoms with Crippen molar-refractivity contribution in [3.05, 3.63) is 35.4 Å². The van der Waals surface area contributed by atoms with Gasteiger partial charge < -0.3 is 5.32 Å². The number of halogens is 2. The van der Waals surface area contributed by atoms with Crippen molar-refractivity contribution in [3.63, 3.8) is 0 Å². The summed E-state index contributed by atoms with van der Waals surface area (Å²) in [6.07, 6.45) is 4.84. The molecule has 1 aromatic carbocycles. The molecular formula is C13H17F2N. The Balaban J connectivity index is 2.04. The van der Waals surface area contributed by atoms with E-state index in [2.05, 4.69) is 5.32 Å². The highest BCUT2D eigenvalue weighted by Gasteiger charge is 2.18. The fraction of sp³-hybridized carbons (Fsp3) is 0.538. The molecule has 0 aromatic heterocycles. The number of hydrogen-bond donors (Lipinski definition) is 1. The fourth-order valence-electron chi connectivity index (χ4n) is 2.37. The maximum absolute atomic E-state index is 13.0. The summed E-state index contributed by atoms with van der Waals surface area (Å²) >= 11 is 0. The molecule has 0 aliphatic heterocycles. The highest BCUT2D eigenvalue weighted by atomic mass is 19.1. The Hall–Kier alpha value is -0.960. The molecule has 1 aromatic rings. The zero-order chi connectivity index (χ0) is 11.5. The number of rotatable bonds is 3. The van der Waals surface area contributed by atoms with Crippen molar-refractivity contribution in [2.45, 2.75) is 44.7 Å². The van der Waals surface area contributed by atoms with Crippen molar-refractivity contribution in [1.82, 2.24) is 5.32 Å². The van der Waals surface area contributed by atoms with Crippen LogP contribution in [0.4, 0.5) is 8.78 Å².